The van der Waals surface area contributed by atoms with Gasteiger partial charge in [0, 0.05) is 0 Å². The van der Waals surface area contributed by atoms with E-state index in [0.717, 1.165) is 37.5 Å². The second-order valence-electron chi connectivity index (χ2n) is 10.1. The van der Waals surface area contributed by atoms with Gasteiger partial charge in [-0.15, -0.1) is 0 Å². The van der Waals surface area contributed by atoms with Crippen LogP contribution in [0.4, 0.5) is 8.78 Å². The summed E-state index contributed by atoms with van der Waals surface area (Å²) in [6, 6.07) is 0. The molecule has 2 heteroatoms. The molecule has 6 atom stereocenters. The van der Waals surface area contributed by atoms with Crippen molar-refractivity contribution >= 4 is 0 Å². The van der Waals surface area contributed by atoms with E-state index in [1.807, 2.05) is 6.92 Å². The van der Waals surface area contributed by atoms with Crippen molar-refractivity contribution in [2.45, 2.75) is 116 Å². The van der Waals surface area contributed by atoms with E-state index in [1.54, 1.807) is 0 Å². The second-order valence-corrected chi connectivity index (χ2v) is 10.1. The van der Waals surface area contributed by atoms with Crippen molar-refractivity contribution < 1.29 is 8.78 Å². The monoisotopic (exact) mass is 368 g/mol. The molecule has 3 saturated carbocycles. The van der Waals surface area contributed by atoms with Crippen LogP contribution in [0.25, 0.3) is 0 Å². The molecule has 3 fully saturated rings. The van der Waals surface area contributed by atoms with Crippen molar-refractivity contribution in [1.82, 2.24) is 0 Å². The Kier molecular flexibility index (Phi) is 7.82. The highest BCUT2D eigenvalue weighted by Gasteiger charge is 2.41. The minimum atomic E-state index is -0.693. The van der Waals surface area contributed by atoms with E-state index < -0.39 is 12.3 Å². The minimum Gasteiger partial charge on any atom is -0.247 e. The molecule has 0 radical (unpaired) electrons. The average Bonchev–Trinajstić information content (AvgIpc) is 2.65. The van der Waals surface area contributed by atoms with Gasteiger partial charge in [-0.25, -0.2) is 8.78 Å². The predicted octanol–water partition coefficient (Wildman–Crippen LogP) is 7.90. The Morgan fingerprint density at radius 2 is 1.35 bits per heavy atom. The first-order valence-electron chi connectivity index (χ1n) is 11.9. The van der Waals surface area contributed by atoms with Crippen LogP contribution >= 0.6 is 0 Å². The van der Waals surface area contributed by atoms with Gasteiger partial charge < -0.3 is 0 Å². The van der Waals surface area contributed by atoms with E-state index in [0.29, 0.717) is 18.3 Å². The summed E-state index contributed by atoms with van der Waals surface area (Å²) in [7, 11) is 0. The summed E-state index contributed by atoms with van der Waals surface area (Å²) in [5, 5.41) is 0. The molecule has 152 valence electrons. The van der Waals surface area contributed by atoms with E-state index in [9.17, 15) is 4.39 Å². The van der Waals surface area contributed by atoms with Crippen molar-refractivity contribution in [3.8, 4) is 0 Å². The molecule has 0 nitrogen and oxygen atoms in total. The van der Waals surface area contributed by atoms with E-state index in [4.69, 9.17) is 0 Å². The maximum Gasteiger partial charge on any atom is 0.103 e. The second kappa shape index (κ2) is 9.87. The van der Waals surface area contributed by atoms with E-state index in [2.05, 4.69) is 6.92 Å². The first-order valence-corrected chi connectivity index (χ1v) is 11.9. The normalized spacial score (nSPS) is 44.8. The molecule has 0 aromatic rings. The molecule has 0 aromatic carbocycles. The van der Waals surface area contributed by atoms with Crippen LogP contribution in [0.15, 0.2) is 0 Å². The van der Waals surface area contributed by atoms with Gasteiger partial charge in [-0.2, -0.15) is 0 Å². The number of alkyl halides is 2. The van der Waals surface area contributed by atoms with Gasteiger partial charge in [-0.1, -0.05) is 52.4 Å². The zero-order valence-corrected chi connectivity index (χ0v) is 17.3. The quantitative estimate of drug-likeness (QED) is 0.418. The number of hydrogen-bond acceptors (Lipinski definition) is 0. The molecule has 0 aromatic heterocycles. The maximum atomic E-state index is 15.0. The highest BCUT2D eigenvalue weighted by Crippen LogP contribution is 2.47. The van der Waals surface area contributed by atoms with Crippen LogP contribution in [0, 0.1) is 35.5 Å². The Hall–Kier alpha value is -0.140. The molecule has 3 aliphatic rings. The fourth-order valence-corrected chi connectivity index (χ4v) is 6.45. The first-order chi connectivity index (χ1) is 12.6. The number of unbranched alkanes of at least 4 members (excludes halogenated alkanes) is 2. The van der Waals surface area contributed by atoms with Crippen molar-refractivity contribution in [3.05, 3.63) is 0 Å². The number of hydrogen-bond donors (Lipinski definition) is 0. The van der Waals surface area contributed by atoms with Crippen molar-refractivity contribution in [3.63, 3.8) is 0 Å². The van der Waals surface area contributed by atoms with Crippen molar-refractivity contribution in [2.75, 3.05) is 0 Å². The SMILES string of the molecule is CCCCCC1CCC(C2CCC(C3CCC(C)C(F)C3)C(F)C2)CC1. The highest BCUT2D eigenvalue weighted by molar-refractivity contribution is 4.91. The zero-order chi connectivity index (χ0) is 18.5. The standard InChI is InChI=1S/C24H42F2/c1-3-4-5-6-18-8-11-19(12-9-18)20-13-14-22(24(26)15-20)21-10-7-17(2)23(25)16-21/h17-24H,3-16H2,1-2H3. The fourth-order valence-electron chi connectivity index (χ4n) is 6.45. The molecule has 0 amide bonds. The minimum absolute atomic E-state index is 0.155. The van der Waals surface area contributed by atoms with Crippen LogP contribution in [0.1, 0.15) is 104 Å². The van der Waals surface area contributed by atoms with Gasteiger partial charge >= 0.3 is 0 Å². The molecule has 0 spiro atoms. The Labute approximate surface area is 160 Å². The molecule has 0 saturated heterocycles. The summed E-state index contributed by atoms with van der Waals surface area (Å²) >= 11 is 0. The largest absolute Gasteiger partial charge is 0.247 e. The molecule has 0 N–H and O–H groups in total. The summed E-state index contributed by atoms with van der Waals surface area (Å²) in [6.07, 6.45) is 15.3. The van der Waals surface area contributed by atoms with Crippen LogP contribution in [0.3, 0.4) is 0 Å². The van der Waals surface area contributed by atoms with Gasteiger partial charge in [-0.05, 0) is 86.9 Å². The van der Waals surface area contributed by atoms with Crippen LogP contribution < -0.4 is 0 Å². The third-order valence-corrected chi connectivity index (χ3v) is 8.38. The predicted molar refractivity (Wildman–Crippen MR) is 107 cm³/mol. The lowest BCUT2D eigenvalue weighted by Gasteiger charge is -2.43. The Bertz CT molecular complexity index is 401. The molecule has 26 heavy (non-hydrogen) atoms. The van der Waals surface area contributed by atoms with Gasteiger partial charge in [0.05, 0.1) is 0 Å². The summed E-state index contributed by atoms with van der Waals surface area (Å²) in [5.41, 5.74) is 0. The Morgan fingerprint density at radius 1 is 0.692 bits per heavy atom. The van der Waals surface area contributed by atoms with E-state index in [1.165, 1.54) is 57.8 Å². The summed E-state index contributed by atoms with van der Waals surface area (Å²) in [6.45, 7) is 4.30. The lowest BCUT2D eigenvalue weighted by molar-refractivity contribution is 0.0159. The maximum absolute atomic E-state index is 15.0. The smallest absolute Gasteiger partial charge is 0.103 e. The summed E-state index contributed by atoms with van der Waals surface area (Å²) in [4.78, 5) is 0. The molecule has 0 bridgehead atoms. The number of halogens is 2. The topological polar surface area (TPSA) is 0 Å². The van der Waals surface area contributed by atoms with Crippen LogP contribution in [0.5, 0.6) is 0 Å². The summed E-state index contributed by atoms with van der Waals surface area (Å²) < 4.78 is 29.1. The highest BCUT2D eigenvalue weighted by atomic mass is 19.1. The molecule has 3 rings (SSSR count). The molecule has 3 aliphatic carbocycles. The molecule has 0 heterocycles. The fraction of sp³-hybridized carbons (Fsp3) is 1.00. The molecule has 6 unspecified atom stereocenters. The van der Waals surface area contributed by atoms with Crippen molar-refractivity contribution in [1.29, 1.82) is 0 Å². The van der Waals surface area contributed by atoms with E-state index >= 15 is 4.39 Å². The lowest BCUT2D eigenvalue weighted by Crippen LogP contribution is -2.38. The molecular formula is C24H42F2. The molecular weight excluding hydrogens is 326 g/mol. The molecule has 0 aliphatic heterocycles. The lowest BCUT2D eigenvalue weighted by atomic mass is 9.64. The van der Waals surface area contributed by atoms with Gasteiger partial charge in [0.1, 0.15) is 12.3 Å². The third-order valence-electron chi connectivity index (χ3n) is 8.38. The first kappa shape index (κ1) is 20.6. The Balaban J connectivity index is 1.41. The zero-order valence-electron chi connectivity index (χ0n) is 17.3. The Morgan fingerprint density at radius 3 is 2.00 bits per heavy atom. The summed E-state index contributed by atoms with van der Waals surface area (Å²) in [5.74, 6) is 2.99. The van der Waals surface area contributed by atoms with Crippen molar-refractivity contribution in [2.24, 2.45) is 35.5 Å². The van der Waals surface area contributed by atoms with Gasteiger partial charge in [0.15, 0.2) is 0 Å². The van der Waals surface area contributed by atoms with E-state index in [-0.39, 0.29) is 11.8 Å². The van der Waals surface area contributed by atoms with Gasteiger partial charge in [0.2, 0.25) is 0 Å². The van der Waals surface area contributed by atoms with Gasteiger partial charge in [-0.3, -0.25) is 0 Å². The van der Waals surface area contributed by atoms with Crippen LogP contribution in [-0.4, -0.2) is 12.3 Å². The van der Waals surface area contributed by atoms with Crippen LogP contribution in [-0.2, 0) is 0 Å². The van der Waals surface area contributed by atoms with Gasteiger partial charge in [0.25, 0.3) is 0 Å². The number of rotatable bonds is 6. The van der Waals surface area contributed by atoms with Crippen LogP contribution in [0.2, 0.25) is 0 Å². The average molecular weight is 369 g/mol. The third kappa shape index (κ3) is 5.22.